The van der Waals surface area contributed by atoms with E-state index < -0.39 is 0 Å². The maximum Gasteiger partial charge on any atom is 0.124 e. The number of thioether (sulfide) groups is 1. The van der Waals surface area contributed by atoms with Gasteiger partial charge in [0, 0.05) is 38.3 Å². The Morgan fingerprint density at radius 3 is 1.90 bits per heavy atom. The van der Waals surface area contributed by atoms with Gasteiger partial charge in [0.2, 0.25) is 0 Å². The molecule has 5 aromatic rings. The zero-order valence-corrected chi connectivity index (χ0v) is 25.9. The lowest BCUT2D eigenvalue weighted by Crippen LogP contribution is -2.10. The summed E-state index contributed by atoms with van der Waals surface area (Å²) in [6, 6.07) is 31.0. The van der Waals surface area contributed by atoms with Crippen molar-refractivity contribution in [1.82, 2.24) is 4.98 Å². The molecule has 0 aliphatic carbocycles. The molecule has 0 saturated heterocycles. The van der Waals surface area contributed by atoms with Crippen LogP contribution in [0.4, 0.5) is 0 Å². The minimum Gasteiger partial charge on any atom is -0.240 e. The summed E-state index contributed by atoms with van der Waals surface area (Å²) in [6.07, 6.45) is 0. The van der Waals surface area contributed by atoms with Gasteiger partial charge in [-0.2, -0.15) is 0 Å². The van der Waals surface area contributed by atoms with Crippen molar-refractivity contribution in [2.45, 2.75) is 38.9 Å². The number of aryl methyl sites for hydroxylation is 1. The Hall–Kier alpha value is -3.80. The second kappa shape index (κ2) is 12.0. The first kappa shape index (κ1) is 27.4. The van der Waals surface area contributed by atoms with Gasteiger partial charge in [0.1, 0.15) is 5.01 Å². The summed E-state index contributed by atoms with van der Waals surface area (Å²) in [5.74, 6) is 13.9. The molecule has 200 valence electrons. The Bertz CT molecular complexity index is 1850. The van der Waals surface area contributed by atoms with Crippen LogP contribution in [-0.4, -0.2) is 10.2 Å². The Morgan fingerprint density at radius 2 is 1.27 bits per heavy atom. The molecule has 0 radical (unpaired) electrons. The van der Waals surface area contributed by atoms with Crippen molar-refractivity contribution in [3.05, 3.63) is 134 Å². The monoisotopic (exact) mass is 583 g/mol. The lowest BCUT2D eigenvalue weighted by Gasteiger charge is -2.17. The Kier molecular flexibility index (Phi) is 8.00. The van der Waals surface area contributed by atoms with Crippen LogP contribution in [0.3, 0.4) is 0 Å². The van der Waals surface area contributed by atoms with Crippen molar-refractivity contribution < 1.29 is 0 Å². The minimum atomic E-state index is 0.196. The van der Waals surface area contributed by atoms with Crippen LogP contribution in [0.1, 0.15) is 51.9 Å². The van der Waals surface area contributed by atoms with Crippen LogP contribution in [0.2, 0.25) is 0 Å². The zero-order valence-electron chi connectivity index (χ0n) is 23.5. The number of benzene rings is 3. The second-order valence-corrected chi connectivity index (χ2v) is 13.7. The van der Waals surface area contributed by atoms with Crippen molar-refractivity contribution in [2.24, 2.45) is 0 Å². The lowest BCUT2D eigenvalue weighted by molar-refractivity contribution is 0.772. The van der Waals surface area contributed by atoms with Gasteiger partial charge in [-0.05, 0) is 56.2 Å². The van der Waals surface area contributed by atoms with Gasteiger partial charge in [-0.3, -0.25) is 0 Å². The molecule has 0 fully saturated rings. The van der Waals surface area contributed by atoms with E-state index in [2.05, 4.69) is 106 Å². The van der Waals surface area contributed by atoms with E-state index in [-0.39, 0.29) is 5.92 Å². The Balaban J connectivity index is 1.46. The molecule has 41 heavy (non-hydrogen) atoms. The van der Waals surface area contributed by atoms with Gasteiger partial charge in [0.05, 0.1) is 20.4 Å². The third kappa shape index (κ3) is 5.70. The highest BCUT2D eigenvalue weighted by Crippen LogP contribution is 2.52. The van der Waals surface area contributed by atoms with Crippen LogP contribution in [0.5, 0.6) is 0 Å². The molecule has 1 nitrogen and oxygen atoms in total. The predicted molar refractivity (Wildman–Crippen MR) is 179 cm³/mol. The highest BCUT2D eigenvalue weighted by atomic mass is 32.2. The molecule has 0 bridgehead atoms. The molecular weight excluding hydrogens is 555 g/mol. The highest BCUT2D eigenvalue weighted by Gasteiger charge is 2.36. The van der Waals surface area contributed by atoms with Crippen molar-refractivity contribution in [3.63, 3.8) is 0 Å². The molecule has 2 unspecified atom stereocenters. The molecule has 1 aliphatic rings. The van der Waals surface area contributed by atoms with Crippen LogP contribution in [0.15, 0.2) is 101 Å². The number of hydrogen-bond donors (Lipinski definition) is 0. The van der Waals surface area contributed by atoms with Crippen LogP contribution in [0, 0.1) is 37.5 Å². The topological polar surface area (TPSA) is 12.9 Å². The summed E-state index contributed by atoms with van der Waals surface area (Å²) in [5, 5.41) is 1.41. The van der Waals surface area contributed by atoms with Crippen molar-refractivity contribution in [3.8, 4) is 44.7 Å². The molecule has 0 spiro atoms. The summed E-state index contributed by atoms with van der Waals surface area (Å²) in [4.78, 5) is 10.2. The SMILES string of the molecule is CC1=C(C#Cc2ccccc2)SC(C)C1c1nc(-c2ccccc2)sc1-c1c(C)sc(C#Cc2ccccc2)c1C. The van der Waals surface area contributed by atoms with Gasteiger partial charge in [0.15, 0.2) is 0 Å². The standard InChI is InChI=1S/C37H29NS3/c1-24-31(22-20-28-14-8-5-9-15-28)39-26(3)33(24)35-36(41-37(38-35)30-18-12-7-13-19-30)34-25(2)32(40-27(34)4)23-21-29-16-10-6-11-17-29/h5-19,26,33H,1-4H3. The first-order valence-corrected chi connectivity index (χ1v) is 16.2. The molecule has 0 saturated carbocycles. The molecule has 0 N–H and O–H groups in total. The summed E-state index contributed by atoms with van der Waals surface area (Å²) < 4.78 is 0. The molecule has 2 aromatic heterocycles. The summed E-state index contributed by atoms with van der Waals surface area (Å²) >= 11 is 5.46. The predicted octanol–water partition coefficient (Wildman–Crippen LogP) is 10.1. The summed E-state index contributed by atoms with van der Waals surface area (Å²) in [6.45, 7) is 8.99. The average Bonchev–Trinajstić information content (AvgIpc) is 3.64. The number of allylic oxidation sites excluding steroid dienone is 2. The van der Waals surface area contributed by atoms with Gasteiger partial charge in [0.25, 0.3) is 0 Å². The zero-order chi connectivity index (χ0) is 28.3. The van der Waals surface area contributed by atoms with E-state index in [1.165, 1.54) is 31.4 Å². The minimum absolute atomic E-state index is 0.196. The van der Waals surface area contributed by atoms with Crippen LogP contribution < -0.4 is 0 Å². The molecule has 3 heterocycles. The fraction of sp³-hybridized carbons (Fsp3) is 0.162. The molecule has 1 aliphatic heterocycles. The third-order valence-corrected chi connectivity index (χ3v) is 10.9. The average molecular weight is 584 g/mol. The highest BCUT2D eigenvalue weighted by molar-refractivity contribution is 8.04. The first-order chi connectivity index (χ1) is 20.0. The fourth-order valence-corrected chi connectivity index (χ4v) is 8.86. The summed E-state index contributed by atoms with van der Waals surface area (Å²) in [7, 11) is 0. The van der Waals surface area contributed by atoms with E-state index in [0.29, 0.717) is 5.25 Å². The van der Waals surface area contributed by atoms with Gasteiger partial charge in [-0.1, -0.05) is 97.3 Å². The number of hydrogen-bond acceptors (Lipinski definition) is 4. The van der Waals surface area contributed by atoms with E-state index in [1.807, 2.05) is 48.2 Å². The van der Waals surface area contributed by atoms with E-state index in [0.717, 1.165) is 32.3 Å². The molecule has 2 atom stereocenters. The first-order valence-electron chi connectivity index (χ1n) is 13.7. The quantitative estimate of drug-likeness (QED) is 0.196. The number of rotatable bonds is 3. The molecule has 4 heteroatoms. The maximum atomic E-state index is 5.37. The molecule has 0 amide bonds. The largest absolute Gasteiger partial charge is 0.240 e. The summed E-state index contributed by atoms with van der Waals surface area (Å²) in [5.41, 5.74) is 8.23. The van der Waals surface area contributed by atoms with E-state index >= 15 is 0 Å². The Morgan fingerprint density at radius 1 is 0.683 bits per heavy atom. The number of aromatic nitrogens is 1. The lowest BCUT2D eigenvalue weighted by atomic mass is 9.91. The van der Waals surface area contributed by atoms with Crippen molar-refractivity contribution in [2.75, 3.05) is 0 Å². The second-order valence-electron chi connectivity index (χ2n) is 10.1. The van der Waals surface area contributed by atoms with E-state index in [9.17, 15) is 0 Å². The van der Waals surface area contributed by atoms with E-state index in [1.54, 1.807) is 22.7 Å². The fourth-order valence-electron chi connectivity index (χ4n) is 5.23. The Labute approximate surface area is 255 Å². The third-order valence-electron chi connectivity index (χ3n) is 7.30. The van der Waals surface area contributed by atoms with Gasteiger partial charge < -0.3 is 0 Å². The van der Waals surface area contributed by atoms with Crippen molar-refractivity contribution >= 4 is 34.4 Å². The van der Waals surface area contributed by atoms with Crippen molar-refractivity contribution in [1.29, 1.82) is 0 Å². The normalized spacial score (nSPS) is 16.2. The molecule has 3 aromatic carbocycles. The maximum absolute atomic E-state index is 5.37. The molecular formula is C37H29NS3. The van der Waals surface area contributed by atoms with Crippen LogP contribution in [-0.2, 0) is 0 Å². The van der Waals surface area contributed by atoms with Crippen LogP contribution >= 0.6 is 34.4 Å². The van der Waals surface area contributed by atoms with E-state index in [4.69, 9.17) is 4.98 Å². The van der Waals surface area contributed by atoms with Gasteiger partial charge in [-0.15, -0.1) is 34.4 Å². The number of thiophene rings is 1. The smallest absolute Gasteiger partial charge is 0.124 e. The number of thiazole rings is 1. The van der Waals surface area contributed by atoms with Gasteiger partial charge >= 0.3 is 0 Å². The van der Waals surface area contributed by atoms with Gasteiger partial charge in [-0.25, -0.2) is 4.98 Å². The van der Waals surface area contributed by atoms with Crippen LogP contribution in [0.25, 0.3) is 21.0 Å². The number of nitrogens with zero attached hydrogens (tertiary/aromatic N) is 1. The molecule has 6 rings (SSSR count).